The lowest BCUT2D eigenvalue weighted by atomic mass is 9.92. The van der Waals surface area contributed by atoms with Crippen molar-refractivity contribution < 1.29 is 4.74 Å². The Hall–Kier alpha value is -1.02. The van der Waals surface area contributed by atoms with Gasteiger partial charge in [0.1, 0.15) is 5.75 Å². The second-order valence-electron chi connectivity index (χ2n) is 5.65. The van der Waals surface area contributed by atoms with Gasteiger partial charge in [-0.3, -0.25) is 0 Å². The molecule has 100 valence electrons. The molecule has 2 nitrogen and oxygen atoms in total. The summed E-state index contributed by atoms with van der Waals surface area (Å²) >= 11 is 0. The maximum absolute atomic E-state index is 5.19. The Morgan fingerprint density at radius 3 is 2.44 bits per heavy atom. The van der Waals surface area contributed by atoms with E-state index < -0.39 is 0 Å². The van der Waals surface area contributed by atoms with Gasteiger partial charge in [0.25, 0.3) is 0 Å². The molecule has 1 N–H and O–H groups in total. The Bertz CT molecular complexity index is 367. The van der Waals surface area contributed by atoms with Crippen molar-refractivity contribution in [2.45, 2.75) is 45.6 Å². The number of rotatable bonds is 7. The lowest BCUT2D eigenvalue weighted by Crippen LogP contribution is -2.36. The van der Waals surface area contributed by atoms with Gasteiger partial charge in [-0.1, -0.05) is 26.0 Å². The number of hydrogen-bond donors (Lipinski definition) is 1. The molecule has 1 aliphatic carbocycles. The molecule has 0 saturated heterocycles. The molecular weight excluding hydrogens is 222 g/mol. The number of hydrogen-bond acceptors (Lipinski definition) is 2. The van der Waals surface area contributed by atoms with Gasteiger partial charge in [0.15, 0.2) is 0 Å². The Kier molecular flexibility index (Phi) is 4.28. The van der Waals surface area contributed by atoms with Gasteiger partial charge in [0.05, 0.1) is 7.11 Å². The lowest BCUT2D eigenvalue weighted by molar-refractivity contribution is 0.343. The van der Waals surface area contributed by atoms with Crippen LogP contribution in [0.2, 0.25) is 0 Å². The highest BCUT2D eigenvalue weighted by molar-refractivity contribution is 5.27. The van der Waals surface area contributed by atoms with Crippen LogP contribution in [-0.2, 0) is 6.42 Å². The number of benzene rings is 1. The van der Waals surface area contributed by atoms with Gasteiger partial charge in [-0.15, -0.1) is 0 Å². The summed E-state index contributed by atoms with van der Waals surface area (Å²) in [5.41, 5.74) is 1.96. The van der Waals surface area contributed by atoms with E-state index in [1.165, 1.54) is 24.8 Å². The zero-order chi connectivity index (χ0) is 13.0. The van der Waals surface area contributed by atoms with E-state index in [0.29, 0.717) is 11.5 Å². The van der Waals surface area contributed by atoms with Crippen molar-refractivity contribution in [1.82, 2.24) is 5.32 Å². The van der Waals surface area contributed by atoms with Gasteiger partial charge < -0.3 is 10.1 Å². The monoisotopic (exact) mass is 247 g/mol. The van der Waals surface area contributed by atoms with E-state index in [-0.39, 0.29) is 0 Å². The molecule has 1 atom stereocenters. The summed E-state index contributed by atoms with van der Waals surface area (Å²) in [6.45, 7) is 5.68. The van der Waals surface area contributed by atoms with E-state index in [4.69, 9.17) is 4.74 Å². The Morgan fingerprint density at radius 1 is 1.28 bits per heavy atom. The van der Waals surface area contributed by atoms with Crippen LogP contribution >= 0.6 is 0 Å². The SMILES string of the molecule is CCNC(CCc1ccc(OC)cc1)C1(C)CC1. The molecule has 0 radical (unpaired) electrons. The molecule has 0 spiro atoms. The van der Waals surface area contributed by atoms with Gasteiger partial charge >= 0.3 is 0 Å². The Labute approximate surface area is 111 Å². The molecule has 0 amide bonds. The molecule has 1 aromatic rings. The van der Waals surface area contributed by atoms with Crippen LogP contribution in [0.25, 0.3) is 0 Å². The quantitative estimate of drug-likeness (QED) is 0.797. The van der Waals surface area contributed by atoms with Crippen molar-refractivity contribution in [3.05, 3.63) is 29.8 Å². The minimum Gasteiger partial charge on any atom is -0.497 e. The third-order valence-corrected chi connectivity index (χ3v) is 4.21. The molecule has 1 saturated carbocycles. The van der Waals surface area contributed by atoms with E-state index >= 15 is 0 Å². The van der Waals surface area contributed by atoms with Crippen LogP contribution in [0.5, 0.6) is 5.75 Å². The molecule has 0 bridgehead atoms. The van der Waals surface area contributed by atoms with Crippen LogP contribution in [0.1, 0.15) is 38.7 Å². The highest BCUT2D eigenvalue weighted by atomic mass is 16.5. The Balaban J connectivity index is 1.88. The van der Waals surface area contributed by atoms with Gasteiger partial charge in [-0.25, -0.2) is 0 Å². The molecule has 1 unspecified atom stereocenters. The molecule has 1 aromatic carbocycles. The van der Waals surface area contributed by atoms with E-state index in [1.54, 1.807) is 7.11 Å². The van der Waals surface area contributed by atoms with E-state index in [2.05, 4.69) is 43.4 Å². The van der Waals surface area contributed by atoms with Crippen LogP contribution < -0.4 is 10.1 Å². The summed E-state index contributed by atoms with van der Waals surface area (Å²) in [6.07, 6.45) is 5.15. The normalized spacial score (nSPS) is 18.4. The van der Waals surface area contributed by atoms with Gasteiger partial charge in [0, 0.05) is 6.04 Å². The van der Waals surface area contributed by atoms with Crippen LogP contribution in [0, 0.1) is 5.41 Å². The second kappa shape index (κ2) is 5.75. The van der Waals surface area contributed by atoms with Crippen LogP contribution in [-0.4, -0.2) is 19.7 Å². The van der Waals surface area contributed by atoms with Crippen LogP contribution in [0.3, 0.4) is 0 Å². The first-order valence-corrected chi connectivity index (χ1v) is 7.04. The van der Waals surface area contributed by atoms with Gasteiger partial charge in [-0.2, -0.15) is 0 Å². The summed E-state index contributed by atoms with van der Waals surface area (Å²) in [5.74, 6) is 0.941. The van der Waals surface area contributed by atoms with Crippen molar-refractivity contribution in [2.24, 2.45) is 5.41 Å². The first kappa shape index (κ1) is 13.4. The molecule has 18 heavy (non-hydrogen) atoms. The molecule has 2 heteroatoms. The first-order chi connectivity index (χ1) is 8.68. The fourth-order valence-electron chi connectivity index (χ4n) is 2.59. The minimum atomic E-state index is 0.558. The molecular formula is C16H25NO. The number of aryl methyl sites for hydroxylation is 1. The maximum atomic E-state index is 5.19. The topological polar surface area (TPSA) is 21.3 Å². The zero-order valence-electron chi connectivity index (χ0n) is 11.8. The third kappa shape index (κ3) is 3.26. The second-order valence-corrected chi connectivity index (χ2v) is 5.65. The highest BCUT2D eigenvalue weighted by Crippen LogP contribution is 2.49. The van der Waals surface area contributed by atoms with Gasteiger partial charge in [0.2, 0.25) is 0 Å². The van der Waals surface area contributed by atoms with Crippen molar-refractivity contribution in [1.29, 1.82) is 0 Å². The summed E-state index contributed by atoms with van der Waals surface area (Å²) < 4.78 is 5.19. The van der Waals surface area contributed by atoms with E-state index in [0.717, 1.165) is 18.7 Å². The zero-order valence-corrected chi connectivity index (χ0v) is 11.8. The summed E-state index contributed by atoms with van der Waals surface area (Å²) in [4.78, 5) is 0. The third-order valence-electron chi connectivity index (χ3n) is 4.21. The van der Waals surface area contributed by atoms with Crippen LogP contribution in [0.4, 0.5) is 0 Å². The molecule has 1 aliphatic rings. The molecule has 2 rings (SSSR count). The fourth-order valence-corrected chi connectivity index (χ4v) is 2.59. The van der Waals surface area contributed by atoms with Crippen LogP contribution in [0.15, 0.2) is 24.3 Å². The predicted molar refractivity (Wildman–Crippen MR) is 76.1 cm³/mol. The van der Waals surface area contributed by atoms with E-state index in [9.17, 15) is 0 Å². The van der Waals surface area contributed by atoms with Crippen molar-refractivity contribution in [3.63, 3.8) is 0 Å². The first-order valence-electron chi connectivity index (χ1n) is 7.04. The maximum Gasteiger partial charge on any atom is 0.118 e. The summed E-state index contributed by atoms with van der Waals surface area (Å²) in [6, 6.07) is 9.13. The largest absolute Gasteiger partial charge is 0.497 e. The highest BCUT2D eigenvalue weighted by Gasteiger charge is 2.43. The van der Waals surface area contributed by atoms with Crippen molar-refractivity contribution in [2.75, 3.05) is 13.7 Å². The fraction of sp³-hybridized carbons (Fsp3) is 0.625. The number of ether oxygens (including phenoxy) is 1. The minimum absolute atomic E-state index is 0.558. The molecule has 1 fully saturated rings. The lowest BCUT2D eigenvalue weighted by Gasteiger charge is -2.24. The number of methoxy groups -OCH3 is 1. The number of nitrogens with one attached hydrogen (secondary N) is 1. The summed E-state index contributed by atoms with van der Waals surface area (Å²) in [7, 11) is 1.71. The van der Waals surface area contributed by atoms with Crippen molar-refractivity contribution in [3.8, 4) is 5.75 Å². The molecule has 0 aromatic heterocycles. The predicted octanol–water partition coefficient (Wildman–Crippen LogP) is 3.41. The average Bonchev–Trinajstić information content (AvgIpc) is 3.14. The average molecular weight is 247 g/mol. The Morgan fingerprint density at radius 2 is 1.94 bits per heavy atom. The van der Waals surface area contributed by atoms with Gasteiger partial charge in [-0.05, 0) is 55.3 Å². The summed E-state index contributed by atoms with van der Waals surface area (Å²) in [5, 5.41) is 3.65. The standard InChI is InChI=1S/C16H25NO/c1-4-17-15(16(2)11-12-16)10-7-13-5-8-14(18-3)9-6-13/h5-6,8-9,15,17H,4,7,10-12H2,1-3H3. The molecule has 0 heterocycles. The van der Waals surface area contributed by atoms with Crippen molar-refractivity contribution >= 4 is 0 Å². The molecule has 0 aliphatic heterocycles. The smallest absolute Gasteiger partial charge is 0.118 e. The van der Waals surface area contributed by atoms with E-state index in [1.807, 2.05) is 0 Å².